The van der Waals surface area contributed by atoms with Crippen LogP contribution in [-0.4, -0.2) is 52.2 Å². The van der Waals surface area contributed by atoms with Gasteiger partial charge in [-0.3, -0.25) is 9.59 Å². The van der Waals surface area contributed by atoms with Crippen LogP contribution < -0.4 is 10.6 Å². The molecule has 3 amide bonds. The van der Waals surface area contributed by atoms with Gasteiger partial charge in [-0.1, -0.05) is 5.16 Å². The molecule has 9 nitrogen and oxygen atoms in total. The second-order valence-corrected chi connectivity index (χ2v) is 4.25. The number of carboxylic acid groups (broad SMARTS) is 1. The molecule has 0 spiro atoms. The Hall–Kier alpha value is -2.58. The Balaban J connectivity index is 1.97. The van der Waals surface area contributed by atoms with Gasteiger partial charge in [0.25, 0.3) is 0 Å². The largest absolute Gasteiger partial charge is 0.481 e. The topological polar surface area (TPSA) is 125 Å². The van der Waals surface area contributed by atoms with Crippen molar-refractivity contribution in [2.75, 3.05) is 13.1 Å². The number of hydrogen-bond acceptors (Lipinski definition) is 5. The Bertz CT molecular complexity index is 501. The third kappa shape index (κ3) is 3.25. The van der Waals surface area contributed by atoms with Gasteiger partial charge in [0, 0.05) is 19.2 Å². The fourth-order valence-corrected chi connectivity index (χ4v) is 1.92. The average Bonchev–Trinajstić information content (AvgIpc) is 2.91. The second-order valence-electron chi connectivity index (χ2n) is 4.25. The van der Waals surface area contributed by atoms with Crippen molar-refractivity contribution >= 4 is 17.9 Å². The Kier molecular flexibility index (Phi) is 4.18. The van der Waals surface area contributed by atoms with Gasteiger partial charge < -0.3 is 25.2 Å². The molecule has 20 heavy (non-hydrogen) atoms. The number of piperazine rings is 1. The zero-order chi connectivity index (χ0) is 14.5. The molecule has 2 heterocycles. The fourth-order valence-electron chi connectivity index (χ4n) is 1.92. The molecule has 0 aromatic carbocycles. The van der Waals surface area contributed by atoms with Gasteiger partial charge >= 0.3 is 12.0 Å². The first-order chi connectivity index (χ1) is 9.58. The average molecular weight is 282 g/mol. The minimum absolute atomic E-state index is 0.146. The van der Waals surface area contributed by atoms with Gasteiger partial charge in [-0.2, -0.15) is 0 Å². The van der Waals surface area contributed by atoms with Crippen molar-refractivity contribution in [3.63, 3.8) is 0 Å². The van der Waals surface area contributed by atoms with Gasteiger partial charge in [0.15, 0.2) is 0 Å². The number of aromatic nitrogens is 1. The minimum Gasteiger partial charge on any atom is -0.481 e. The zero-order valence-electron chi connectivity index (χ0n) is 10.5. The third-order valence-corrected chi connectivity index (χ3v) is 2.87. The molecule has 1 fully saturated rings. The smallest absolute Gasteiger partial charge is 0.318 e. The Morgan fingerprint density at radius 3 is 3.05 bits per heavy atom. The summed E-state index contributed by atoms with van der Waals surface area (Å²) >= 11 is 0. The van der Waals surface area contributed by atoms with Crippen LogP contribution in [0.3, 0.4) is 0 Å². The maximum Gasteiger partial charge on any atom is 0.318 e. The van der Waals surface area contributed by atoms with Gasteiger partial charge in [0.05, 0.1) is 13.0 Å². The number of amides is 3. The Morgan fingerprint density at radius 1 is 1.60 bits per heavy atom. The molecule has 1 aromatic rings. The summed E-state index contributed by atoms with van der Waals surface area (Å²) in [6.45, 7) is 0.702. The van der Waals surface area contributed by atoms with Gasteiger partial charge in [-0.05, 0) is 0 Å². The molecule has 2 rings (SSSR count). The van der Waals surface area contributed by atoms with E-state index < -0.39 is 30.4 Å². The highest BCUT2D eigenvalue weighted by molar-refractivity contribution is 5.91. The van der Waals surface area contributed by atoms with E-state index in [2.05, 4.69) is 20.3 Å². The first-order valence-electron chi connectivity index (χ1n) is 6.01. The quantitative estimate of drug-likeness (QED) is 0.661. The molecule has 108 valence electrons. The lowest BCUT2D eigenvalue weighted by Gasteiger charge is -2.34. The molecule has 9 heteroatoms. The molecular formula is C11H14N4O5. The second kappa shape index (κ2) is 6.04. The van der Waals surface area contributed by atoms with Crippen LogP contribution >= 0.6 is 0 Å². The van der Waals surface area contributed by atoms with E-state index in [0.717, 1.165) is 0 Å². The highest BCUT2D eigenvalue weighted by Crippen LogP contribution is 2.09. The number of rotatable bonds is 4. The maximum atomic E-state index is 12.0. The lowest BCUT2D eigenvalue weighted by molar-refractivity contribution is -0.142. The summed E-state index contributed by atoms with van der Waals surface area (Å²) < 4.78 is 4.63. The number of urea groups is 1. The van der Waals surface area contributed by atoms with Crippen molar-refractivity contribution in [3.8, 4) is 0 Å². The molecule has 1 aliphatic heterocycles. The highest BCUT2D eigenvalue weighted by Gasteiger charge is 2.34. The standard InChI is InChI=1S/C11H14N4O5/c16-9(17)5-8-10(18)12-2-3-15(8)11(19)13-6-7-1-4-20-14-7/h1,4,8H,2-3,5-6H2,(H,12,18)(H,13,19)(H,16,17). The Morgan fingerprint density at radius 2 is 2.40 bits per heavy atom. The van der Waals surface area contributed by atoms with E-state index in [9.17, 15) is 14.4 Å². The molecule has 0 aliphatic carbocycles. The molecule has 1 unspecified atom stereocenters. The van der Waals surface area contributed by atoms with Crippen LogP contribution in [0, 0.1) is 0 Å². The fraction of sp³-hybridized carbons (Fsp3) is 0.455. The summed E-state index contributed by atoms with van der Waals surface area (Å²) in [7, 11) is 0. The summed E-state index contributed by atoms with van der Waals surface area (Å²) in [6, 6.07) is 0.0884. The van der Waals surface area contributed by atoms with Gasteiger partial charge in [-0.25, -0.2) is 4.79 Å². The van der Waals surface area contributed by atoms with Crippen molar-refractivity contribution in [2.24, 2.45) is 0 Å². The third-order valence-electron chi connectivity index (χ3n) is 2.87. The minimum atomic E-state index is -1.14. The van der Waals surface area contributed by atoms with Crippen molar-refractivity contribution in [2.45, 2.75) is 19.0 Å². The molecule has 0 saturated carbocycles. The first-order valence-corrected chi connectivity index (χ1v) is 6.01. The summed E-state index contributed by atoms with van der Waals surface area (Å²) in [5.41, 5.74) is 0.537. The van der Waals surface area contributed by atoms with Crippen molar-refractivity contribution in [1.82, 2.24) is 20.7 Å². The number of aliphatic carboxylic acids is 1. The molecule has 3 N–H and O–H groups in total. The monoisotopic (exact) mass is 282 g/mol. The number of nitrogens with one attached hydrogen (secondary N) is 2. The zero-order valence-corrected chi connectivity index (χ0v) is 10.5. The lowest BCUT2D eigenvalue weighted by atomic mass is 10.1. The van der Waals surface area contributed by atoms with Crippen LogP contribution in [0.4, 0.5) is 4.79 Å². The van der Waals surface area contributed by atoms with Crippen molar-refractivity contribution in [3.05, 3.63) is 18.0 Å². The number of hydrogen-bond donors (Lipinski definition) is 3. The number of carboxylic acids is 1. The van der Waals surface area contributed by atoms with E-state index in [1.165, 1.54) is 11.2 Å². The van der Waals surface area contributed by atoms with Gasteiger partial charge in [0.2, 0.25) is 5.91 Å². The van der Waals surface area contributed by atoms with Crippen LogP contribution in [-0.2, 0) is 16.1 Å². The van der Waals surface area contributed by atoms with E-state index in [0.29, 0.717) is 12.2 Å². The molecule has 1 atom stereocenters. The van der Waals surface area contributed by atoms with E-state index >= 15 is 0 Å². The van der Waals surface area contributed by atoms with Crippen LogP contribution in [0.15, 0.2) is 16.9 Å². The lowest BCUT2D eigenvalue weighted by Crippen LogP contribution is -2.59. The van der Waals surface area contributed by atoms with Gasteiger partial charge in [-0.15, -0.1) is 0 Å². The molecule has 1 aliphatic rings. The van der Waals surface area contributed by atoms with Crippen molar-refractivity contribution < 1.29 is 24.0 Å². The number of carbonyl (C=O) groups excluding carboxylic acids is 2. The maximum absolute atomic E-state index is 12.0. The molecule has 1 aromatic heterocycles. The highest BCUT2D eigenvalue weighted by atomic mass is 16.5. The van der Waals surface area contributed by atoms with E-state index in [-0.39, 0.29) is 13.1 Å². The Labute approximate surface area is 113 Å². The van der Waals surface area contributed by atoms with E-state index in [1.807, 2.05) is 0 Å². The molecular weight excluding hydrogens is 268 g/mol. The van der Waals surface area contributed by atoms with Crippen LogP contribution in [0.1, 0.15) is 12.1 Å². The van der Waals surface area contributed by atoms with Crippen LogP contribution in [0.25, 0.3) is 0 Å². The molecule has 0 radical (unpaired) electrons. The first kappa shape index (κ1) is 13.8. The van der Waals surface area contributed by atoms with E-state index in [1.54, 1.807) is 6.07 Å². The predicted molar refractivity (Wildman–Crippen MR) is 64.5 cm³/mol. The number of nitrogens with zero attached hydrogens (tertiary/aromatic N) is 2. The molecule has 0 bridgehead atoms. The summed E-state index contributed by atoms with van der Waals surface area (Å²) in [5, 5.41) is 17.5. The SMILES string of the molecule is O=C(O)CC1C(=O)NCCN1C(=O)NCc1ccon1. The van der Waals surface area contributed by atoms with Crippen molar-refractivity contribution in [1.29, 1.82) is 0 Å². The van der Waals surface area contributed by atoms with Crippen LogP contribution in [0.5, 0.6) is 0 Å². The number of carbonyl (C=O) groups is 3. The summed E-state index contributed by atoms with van der Waals surface area (Å²) in [6.07, 6.45) is 0.951. The predicted octanol–water partition coefficient (Wildman–Crippen LogP) is -0.841. The molecule has 1 saturated heterocycles. The van der Waals surface area contributed by atoms with Crippen LogP contribution in [0.2, 0.25) is 0 Å². The summed E-state index contributed by atoms with van der Waals surface area (Å²) in [4.78, 5) is 35.6. The van der Waals surface area contributed by atoms with E-state index in [4.69, 9.17) is 5.11 Å². The van der Waals surface area contributed by atoms with Gasteiger partial charge in [0.1, 0.15) is 18.0 Å². The summed E-state index contributed by atoms with van der Waals surface area (Å²) in [5.74, 6) is -1.60. The normalized spacial score (nSPS) is 18.5.